The summed E-state index contributed by atoms with van der Waals surface area (Å²) in [4.78, 5) is 12.0. The average Bonchev–Trinajstić information content (AvgIpc) is 2.49. The highest BCUT2D eigenvalue weighted by molar-refractivity contribution is 6.30. The van der Waals surface area contributed by atoms with E-state index in [9.17, 15) is 4.79 Å². The first-order chi connectivity index (χ1) is 10.1. The Bertz CT molecular complexity index is 613. The number of carbonyl (C=O) groups excluding carboxylic acids is 1. The monoisotopic (exact) mass is 305 g/mol. The van der Waals surface area contributed by atoms with Gasteiger partial charge in [0.25, 0.3) is 5.91 Å². The van der Waals surface area contributed by atoms with Crippen molar-refractivity contribution in [2.75, 3.05) is 5.32 Å². The van der Waals surface area contributed by atoms with Gasteiger partial charge in [-0.2, -0.15) is 0 Å². The fourth-order valence-electron chi connectivity index (χ4n) is 1.75. The Morgan fingerprint density at radius 1 is 1.29 bits per heavy atom. The second-order valence-corrected chi connectivity index (χ2v) is 5.00. The van der Waals surface area contributed by atoms with Crippen molar-refractivity contribution in [2.45, 2.75) is 19.6 Å². The van der Waals surface area contributed by atoms with E-state index in [-0.39, 0.29) is 12.5 Å². The highest BCUT2D eigenvalue weighted by Crippen LogP contribution is 2.17. The predicted octanol–water partition coefficient (Wildman–Crippen LogP) is 3.24. The molecule has 0 bridgehead atoms. The smallest absolute Gasteiger partial charge is 0.265 e. The fourth-order valence-corrected chi connectivity index (χ4v) is 1.88. The van der Waals surface area contributed by atoms with Gasteiger partial charge >= 0.3 is 0 Å². The van der Waals surface area contributed by atoms with Crippen LogP contribution in [0.2, 0.25) is 5.02 Å². The zero-order valence-electron chi connectivity index (χ0n) is 11.5. The van der Waals surface area contributed by atoms with Gasteiger partial charge in [-0.1, -0.05) is 23.7 Å². The van der Waals surface area contributed by atoms with Crippen molar-refractivity contribution in [1.82, 2.24) is 0 Å². The maximum atomic E-state index is 12.0. The van der Waals surface area contributed by atoms with Gasteiger partial charge in [-0.05, 0) is 48.9 Å². The molecule has 0 aromatic heterocycles. The van der Waals surface area contributed by atoms with Crippen molar-refractivity contribution in [3.8, 4) is 5.75 Å². The van der Waals surface area contributed by atoms with Crippen LogP contribution in [0.15, 0.2) is 48.5 Å². The number of carbonyl (C=O) groups is 1. The quantitative estimate of drug-likeness (QED) is 0.891. The lowest BCUT2D eigenvalue weighted by Crippen LogP contribution is -2.30. The Morgan fingerprint density at radius 2 is 2.00 bits per heavy atom. The molecule has 0 aliphatic heterocycles. The number of nitrogens with one attached hydrogen (secondary N) is 1. The van der Waals surface area contributed by atoms with E-state index < -0.39 is 6.10 Å². The van der Waals surface area contributed by atoms with Gasteiger partial charge in [-0.15, -0.1) is 0 Å². The number of aliphatic hydroxyl groups is 1. The van der Waals surface area contributed by atoms with Crippen LogP contribution in [-0.2, 0) is 11.4 Å². The third kappa shape index (κ3) is 4.48. The van der Waals surface area contributed by atoms with Gasteiger partial charge in [0.1, 0.15) is 5.75 Å². The molecule has 0 saturated carbocycles. The standard InChI is InChI=1S/C16H16ClNO3/c1-11(21-15-4-2-3-12(9-15)10-19)16(20)18-14-7-5-13(17)6-8-14/h2-9,11,19H,10H2,1H3,(H,18,20). The van der Waals surface area contributed by atoms with E-state index in [1.54, 1.807) is 55.5 Å². The predicted molar refractivity (Wildman–Crippen MR) is 82.5 cm³/mol. The molecule has 0 fully saturated rings. The second-order valence-electron chi connectivity index (χ2n) is 4.56. The zero-order chi connectivity index (χ0) is 15.2. The Kier molecular flexibility index (Phi) is 5.20. The Balaban J connectivity index is 1.97. The van der Waals surface area contributed by atoms with Crippen LogP contribution in [0, 0.1) is 0 Å². The van der Waals surface area contributed by atoms with E-state index in [0.717, 1.165) is 5.56 Å². The van der Waals surface area contributed by atoms with E-state index in [4.69, 9.17) is 21.4 Å². The number of rotatable bonds is 5. The van der Waals surface area contributed by atoms with Gasteiger partial charge in [-0.3, -0.25) is 4.79 Å². The molecule has 21 heavy (non-hydrogen) atoms. The summed E-state index contributed by atoms with van der Waals surface area (Å²) >= 11 is 5.79. The molecule has 2 N–H and O–H groups in total. The van der Waals surface area contributed by atoms with Crippen LogP contribution in [0.5, 0.6) is 5.75 Å². The molecule has 4 nitrogen and oxygen atoms in total. The molecule has 110 valence electrons. The molecule has 2 aromatic rings. The van der Waals surface area contributed by atoms with Crippen LogP contribution in [0.25, 0.3) is 0 Å². The van der Waals surface area contributed by atoms with Crippen LogP contribution in [0.1, 0.15) is 12.5 Å². The number of halogens is 1. The third-order valence-electron chi connectivity index (χ3n) is 2.87. The summed E-state index contributed by atoms with van der Waals surface area (Å²) in [5, 5.41) is 12.4. The van der Waals surface area contributed by atoms with Crippen LogP contribution in [0.4, 0.5) is 5.69 Å². The lowest BCUT2D eigenvalue weighted by molar-refractivity contribution is -0.122. The van der Waals surface area contributed by atoms with E-state index in [1.165, 1.54) is 0 Å². The molecule has 1 atom stereocenters. The van der Waals surface area contributed by atoms with Gasteiger partial charge in [0.15, 0.2) is 6.10 Å². The van der Waals surface area contributed by atoms with Crippen LogP contribution >= 0.6 is 11.6 Å². The summed E-state index contributed by atoms with van der Waals surface area (Å²) in [6.45, 7) is 1.60. The average molecular weight is 306 g/mol. The highest BCUT2D eigenvalue weighted by Gasteiger charge is 2.15. The number of amides is 1. The molecule has 2 rings (SSSR count). The van der Waals surface area contributed by atoms with Crippen molar-refractivity contribution in [3.63, 3.8) is 0 Å². The van der Waals surface area contributed by atoms with E-state index >= 15 is 0 Å². The Labute approximate surface area is 128 Å². The van der Waals surface area contributed by atoms with Gasteiger partial charge in [-0.25, -0.2) is 0 Å². The maximum Gasteiger partial charge on any atom is 0.265 e. The minimum atomic E-state index is -0.658. The number of anilines is 1. The molecule has 0 saturated heterocycles. The van der Waals surface area contributed by atoms with Crippen LogP contribution < -0.4 is 10.1 Å². The molecule has 2 aromatic carbocycles. The maximum absolute atomic E-state index is 12.0. The fraction of sp³-hybridized carbons (Fsp3) is 0.188. The van der Waals surface area contributed by atoms with E-state index in [1.807, 2.05) is 0 Å². The molecule has 0 aliphatic carbocycles. The number of hydrogen-bond acceptors (Lipinski definition) is 3. The largest absolute Gasteiger partial charge is 0.481 e. The van der Waals surface area contributed by atoms with Crippen molar-refractivity contribution in [1.29, 1.82) is 0 Å². The summed E-state index contributed by atoms with van der Waals surface area (Å²) in [5.41, 5.74) is 1.39. The van der Waals surface area contributed by atoms with Crippen molar-refractivity contribution in [3.05, 3.63) is 59.1 Å². The minimum absolute atomic E-state index is 0.0669. The summed E-state index contributed by atoms with van der Waals surface area (Å²) in [6.07, 6.45) is -0.658. The number of aliphatic hydroxyl groups excluding tert-OH is 1. The first-order valence-electron chi connectivity index (χ1n) is 6.51. The van der Waals surface area contributed by atoms with Gasteiger partial charge < -0.3 is 15.2 Å². The SMILES string of the molecule is CC(Oc1cccc(CO)c1)C(=O)Nc1ccc(Cl)cc1. The first kappa shape index (κ1) is 15.4. The van der Waals surface area contributed by atoms with E-state index in [0.29, 0.717) is 16.5 Å². The molecule has 1 amide bonds. The summed E-state index contributed by atoms with van der Waals surface area (Å²) in [6, 6.07) is 13.8. The lowest BCUT2D eigenvalue weighted by atomic mass is 10.2. The van der Waals surface area contributed by atoms with Crippen molar-refractivity contribution < 1.29 is 14.6 Å². The third-order valence-corrected chi connectivity index (χ3v) is 3.13. The summed E-state index contributed by atoms with van der Waals surface area (Å²) < 4.78 is 5.57. The summed E-state index contributed by atoms with van der Waals surface area (Å²) in [7, 11) is 0. The molecule has 0 aliphatic rings. The molecule has 5 heteroatoms. The Hall–Kier alpha value is -2.04. The normalized spacial score (nSPS) is 11.8. The van der Waals surface area contributed by atoms with Gasteiger partial charge in [0.05, 0.1) is 6.61 Å². The van der Waals surface area contributed by atoms with Gasteiger partial charge in [0.2, 0.25) is 0 Å². The summed E-state index contributed by atoms with van der Waals surface area (Å²) in [5.74, 6) is 0.284. The van der Waals surface area contributed by atoms with Crippen LogP contribution in [0.3, 0.4) is 0 Å². The lowest BCUT2D eigenvalue weighted by Gasteiger charge is -2.15. The molecular formula is C16H16ClNO3. The molecular weight excluding hydrogens is 290 g/mol. The van der Waals surface area contributed by atoms with Gasteiger partial charge in [0, 0.05) is 10.7 Å². The number of ether oxygens (including phenoxy) is 1. The molecule has 0 heterocycles. The first-order valence-corrected chi connectivity index (χ1v) is 6.89. The number of hydrogen-bond donors (Lipinski definition) is 2. The molecule has 1 unspecified atom stereocenters. The Morgan fingerprint density at radius 3 is 2.67 bits per heavy atom. The topological polar surface area (TPSA) is 58.6 Å². The second kappa shape index (κ2) is 7.11. The number of benzene rings is 2. The van der Waals surface area contributed by atoms with E-state index in [2.05, 4.69) is 5.32 Å². The highest BCUT2D eigenvalue weighted by atomic mass is 35.5. The molecule has 0 radical (unpaired) electrons. The van der Waals surface area contributed by atoms with Crippen molar-refractivity contribution >= 4 is 23.2 Å². The van der Waals surface area contributed by atoms with Crippen molar-refractivity contribution in [2.24, 2.45) is 0 Å². The zero-order valence-corrected chi connectivity index (χ0v) is 12.3. The van der Waals surface area contributed by atoms with Crippen LogP contribution in [-0.4, -0.2) is 17.1 Å². The molecule has 0 spiro atoms. The minimum Gasteiger partial charge on any atom is -0.481 e.